The zero-order valence-electron chi connectivity index (χ0n) is 8.63. The van der Waals surface area contributed by atoms with Crippen LogP contribution in [0.2, 0.25) is 0 Å². The van der Waals surface area contributed by atoms with E-state index in [1.54, 1.807) is 0 Å². The number of aliphatic hydroxyl groups excluding tert-OH is 1. The van der Waals surface area contributed by atoms with Crippen molar-refractivity contribution in [1.82, 2.24) is 0 Å². The highest BCUT2D eigenvalue weighted by molar-refractivity contribution is 6.22. The second-order valence-corrected chi connectivity index (χ2v) is 5.85. The Bertz CT molecular complexity index is 204. The minimum atomic E-state index is -0.142. The molecule has 1 unspecified atom stereocenters. The summed E-state index contributed by atoms with van der Waals surface area (Å²) in [6, 6.07) is 0. The maximum atomic E-state index is 9.99. The third-order valence-corrected chi connectivity index (χ3v) is 5.16. The first-order valence-electron chi connectivity index (χ1n) is 5.30. The molecular formula is C11H19ClO. The zero-order chi connectivity index (χ0) is 9.80. The van der Waals surface area contributed by atoms with Gasteiger partial charge < -0.3 is 5.11 Å². The third kappa shape index (κ3) is 1.10. The Morgan fingerprint density at radius 1 is 1.46 bits per heavy atom. The molecule has 3 saturated carbocycles. The molecule has 0 aromatic heterocycles. The molecule has 3 aliphatic rings. The van der Waals surface area contributed by atoms with Gasteiger partial charge in [-0.3, -0.25) is 0 Å². The summed E-state index contributed by atoms with van der Waals surface area (Å²) in [5.41, 5.74) is 0.0254. The molecule has 0 aromatic rings. The lowest BCUT2D eigenvalue weighted by molar-refractivity contribution is -0.172. The standard InChI is InChI=1S/C11H19ClO/c1-6(2)7-4-5-11(3)9(12)8(7)10(11)13/h6-10,13H,4-5H2,1-3H3/t7-,8+,9?,10+,11-/m0/s1. The van der Waals surface area contributed by atoms with Crippen LogP contribution in [0.3, 0.4) is 0 Å². The predicted octanol–water partition coefficient (Wildman–Crippen LogP) is 2.66. The van der Waals surface area contributed by atoms with E-state index in [-0.39, 0.29) is 16.9 Å². The van der Waals surface area contributed by atoms with E-state index in [0.29, 0.717) is 17.8 Å². The maximum Gasteiger partial charge on any atom is 0.0653 e. The van der Waals surface area contributed by atoms with Gasteiger partial charge in [-0.1, -0.05) is 20.8 Å². The topological polar surface area (TPSA) is 20.2 Å². The van der Waals surface area contributed by atoms with Crippen molar-refractivity contribution in [2.75, 3.05) is 0 Å². The van der Waals surface area contributed by atoms with Crippen molar-refractivity contribution in [2.45, 2.75) is 45.1 Å². The van der Waals surface area contributed by atoms with E-state index in [1.807, 2.05) is 0 Å². The Morgan fingerprint density at radius 3 is 2.46 bits per heavy atom. The van der Waals surface area contributed by atoms with Crippen LogP contribution in [0.4, 0.5) is 0 Å². The fourth-order valence-electron chi connectivity index (χ4n) is 3.27. The Hall–Kier alpha value is 0.250. The van der Waals surface area contributed by atoms with E-state index in [1.165, 1.54) is 6.42 Å². The molecule has 0 saturated heterocycles. The lowest BCUT2D eigenvalue weighted by Crippen LogP contribution is -2.66. The lowest BCUT2D eigenvalue weighted by atomic mass is 9.47. The first-order chi connectivity index (χ1) is 5.98. The van der Waals surface area contributed by atoms with Gasteiger partial charge >= 0.3 is 0 Å². The highest BCUT2D eigenvalue weighted by Crippen LogP contribution is 2.61. The van der Waals surface area contributed by atoms with Gasteiger partial charge in [0.25, 0.3) is 0 Å². The van der Waals surface area contributed by atoms with E-state index in [2.05, 4.69) is 20.8 Å². The van der Waals surface area contributed by atoms with Gasteiger partial charge in [-0.2, -0.15) is 0 Å². The van der Waals surface area contributed by atoms with Gasteiger partial charge in [0.1, 0.15) is 0 Å². The van der Waals surface area contributed by atoms with Crippen LogP contribution in [0.25, 0.3) is 0 Å². The van der Waals surface area contributed by atoms with Gasteiger partial charge in [0, 0.05) is 16.7 Å². The Labute approximate surface area is 85.5 Å². The Balaban J connectivity index is 2.16. The SMILES string of the molecule is CC(C)[C@@H]1CC[C@@]2(C)C(Cl)[C@@H]1[C@H]2O. The Kier molecular flexibility index (Phi) is 2.16. The molecule has 3 rings (SSSR count). The molecule has 1 nitrogen and oxygen atoms in total. The van der Waals surface area contributed by atoms with Crippen LogP contribution in [0, 0.1) is 23.2 Å². The first-order valence-corrected chi connectivity index (χ1v) is 5.74. The molecule has 0 amide bonds. The second kappa shape index (κ2) is 2.87. The monoisotopic (exact) mass is 202 g/mol. The molecule has 3 fully saturated rings. The van der Waals surface area contributed by atoms with Crippen LogP contribution < -0.4 is 0 Å². The zero-order valence-corrected chi connectivity index (χ0v) is 9.38. The fraction of sp³-hybridized carbons (Fsp3) is 1.00. The van der Waals surface area contributed by atoms with Crippen LogP contribution >= 0.6 is 11.6 Å². The molecular weight excluding hydrogens is 184 g/mol. The fourth-order valence-corrected chi connectivity index (χ4v) is 3.83. The quantitative estimate of drug-likeness (QED) is 0.649. The van der Waals surface area contributed by atoms with Gasteiger partial charge in [0.05, 0.1) is 6.10 Å². The molecule has 2 bridgehead atoms. The number of halogens is 1. The minimum Gasteiger partial charge on any atom is -0.392 e. The van der Waals surface area contributed by atoms with Crippen molar-refractivity contribution in [2.24, 2.45) is 23.2 Å². The smallest absolute Gasteiger partial charge is 0.0653 e. The molecule has 2 heteroatoms. The Morgan fingerprint density at radius 2 is 2.08 bits per heavy atom. The average Bonchev–Trinajstić information content (AvgIpc) is 2.09. The number of hydrogen-bond donors (Lipinski definition) is 1. The van der Waals surface area contributed by atoms with Crippen LogP contribution in [0.5, 0.6) is 0 Å². The average molecular weight is 203 g/mol. The predicted molar refractivity (Wildman–Crippen MR) is 54.8 cm³/mol. The first kappa shape index (κ1) is 9.79. The van der Waals surface area contributed by atoms with Gasteiger partial charge in [0.2, 0.25) is 0 Å². The van der Waals surface area contributed by atoms with Gasteiger partial charge in [0.15, 0.2) is 0 Å². The van der Waals surface area contributed by atoms with E-state index in [0.717, 1.165) is 6.42 Å². The molecule has 0 radical (unpaired) electrons. The molecule has 3 aliphatic carbocycles. The highest BCUT2D eigenvalue weighted by Gasteiger charge is 2.63. The van der Waals surface area contributed by atoms with Crippen LogP contribution in [0.15, 0.2) is 0 Å². The van der Waals surface area contributed by atoms with E-state index in [4.69, 9.17) is 11.6 Å². The van der Waals surface area contributed by atoms with Crippen molar-refractivity contribution in [3.63, 3.8) is 0 Å². The maximum absolute atomic E-state index is 9.99. The summed E-state index contributed by atoms with van der Waals surface area (Å²) in [6.07, 6.45) is 2.21. The van der Waals surface area contributed by atoms with Crippen molar-refractivity contribution >= 4 is 11.6 Å². The van der Waals surface area contributed by atoms with Crippen LogP contribution in [-0.4, -0.2) is 16.6 Å². The van der Waals surface area contributed by atoms with E-state index >= 15 is 0 Å². The molecule has 5 atom stereocenters. The summed E-state index contributed by atoms with van der Waals surface area (Å²) in [4.78, 5) is 0. The molecule has 0 spiro atoms. The van der Waals surface area contributed by atoms with Crippen molar-refractivity contribution in [3.8, 4) is 0 Å². The summed E-state index contributed by atoms with van der Waals surface area (Å²) in [6.45, 7) is 6.60. The molecule has 13 heavy (non-hydrogen) atoms. The molecule has 0 heterocycles. The summed E-state index contributed by atoms with van der Waals surface area (Å²) in [7, 11) is 0. The summed E-state index contributed by atoms with van der Waals surface area (Å²) >= 11 is 6.33. The summed E-state index contributed by atoms with van der Waals surface area (Å²) in [5.74, 6) is 1.66. The normalized spacial score (nSPS) is 54.9. The number of hydrogen-bond acceptors (Lipinski definition) is 1. The molecule has 0 aromatic carbocycles. The summed E-state index contributed by atoms with van der Waals surface area (Å²) < 4.78 is 0. The third-order valence-electron chi connectivity index (χ3n) is 4.38. The second-order valence-electron chi connectivity index (χ2n) is 5.38. The molecule has 0 aliphatic heterocycles. The number of fused-ring (bicyclic) bond motifs is 2. The summed E-state index contributed by atoms with van der Waals surface area (Å²) in [5, 5.41) is 10.2. The highest BCUT2D eigenvalue weighted by atomic mass is 35.5. The van der Waals surface area contributed by atoms with E-state index in [9.17, 15) is 5.11 Å². The van der Waals surface area contributed by atoms with E-state index < -0.39 is 0 Å². The number of rotatable bonds is 1. The van der Waals surface area contributed by atoms with Gasteiger partial charge in [-0.15, -0.1) is 11.6 Å². The van der Waals surface area contributed by atoms with Gasteiger partial charge in [-0.25, -0.2) is 0 Å². The largest absolute Gasteiger partial charge is 0.392 e. The van der Waals surface area contributed by atoms with Crippen molar-refractivity contribution in [3.05, 3.63) is 0 Å². The van der Waals surface area contributed by atoms with Crippen molar-refractivity contribution < 1.29 is 5.11 Å². The minimum absolute atomic E-state index is 0.0254. The molecule has 1 N–H and O–H groups in total. The lowest BCUT2D eigenvalue weighted by Gasteiger charge is -2.63. The van der Waals surface area contributed by atoms with Gasteiger partial charge in [-0.05, 0) is 24.7 Å². The van der Waals surface area contributed by atoms with Crippen molar-refractivity contribution in [1.29, 1.82) is 0 Å². The molecule has 76 valence electrons. The van der Waals surface area contributed by atoms with Crippen LogP contribution in [-0.2, 0) is 0 Å². The van der Waals surface area contributed by atoms with Crippen LogP contribution in [0.1, 0.15) is 33.6 Å². The number of aliphatic hydroxyl groups is 1. The number of alkyl halides is 1.